The normalized spacial score (nSPS) is 22.0. The smallest absolute Gasteiger partial charge is 0.175 e. The zero-order valence-corrected chi connectivity index (χ0v) is 11.7. The fourth-order valence-corrected chi connectivity index (χ4v) is 2.83. The van der Waals surface area contributed by atoms with E-state index in [4.69, 9.17) is 0 Å². The van der Waals surface area contributed by atoms with E-state index in [1.54, 1.807) is 12.1 Å². The summed E-state index contributed by atoms with van der Waals surface area (Å²) >= 11 is 0. The summed E-state index contributed by atoms with van der Waals surface area (Å²) in [6, 6.07) is 7.72. The van der Waals surface area contributed by atoms with Gasteiger partial charge in [-0.1, -0.05) is 12.1 Å². The van der Waals surface area contributed by atoms with Crippen LogP contribution < -0.4 is 5.32 Å². The molecule has 1 N–H and O–H groups in total. The van der Waals surface area contributed by atoms with Gasteiger partial charge in [0.15, 0.2) is 9.84 Å². The third-order valence-corrected chi connectivity index (χ3v) is 4.50. The number of benzene rings is 1. The predicted octanol–water partition coefficient (Wildman–Crippen LogP) is 0.884. The van der Waals surface area contributed by atoms with Crippen LogP contribution in [-0.2, 0) is 16.4 Å². The van der Waals surface area contributed by atoms with Gasteiger partial charge in [0, 0.05) is 38.5 Å². The Morgan fingerprint density at radius 3 is 2.56 bits per heavy atom. The standard InChI is InChI=1S/C13H20N2O2S/c1-11-9-14-7-8-15(11)10-12-3-5-13(6-4-12)18(2,16)17/h3-6,11,14H,7-10H2,1-2H3/t11-/m0/s1. The van der Waals surface area contributed by atoms with Crippen molar-refractivity contribution in [1.82, 2.24) is 10.2 Å². The fourth-order valence-electron chi connectivity index (χ4n) is 2.19. The van der Waals surface area contributed by atoms with Crippen LogP contribution in [0.2, 0.25) is 0 Å². The quantitative estimate of drug-likeness (QED) is 0.884. The maximum atomic E-state index is 11.4. The van der Waals surface area contributed by atoms with E-state index in [1.807, 2.05) is 12.1 Å². The zero-order chi connectivity index (χ0) is 13.2. The molecule has 1 aliphatic heterocycles. The second-order valence-electron chi connectivity index (χ2n) is 4.94. The first-order valence-corrected chi connectivity index (χ1v) is 8.10. The molecule has 18 heavy (non-hydrogen) atoms. The van der Waals surface area contributed by atoms with Gasteiger partial charge in [0.2, 0.25) is 0 Å². The van der Waals surface area contributed by atoms with Gasteiger partial charge in [-0.3, -0.25) is 4.90 Å². The summed E-state index contributed by atoms with van der Waals surface area (Å²) < 4.78 is 22.7. The van der Waals surface area contributed by atoms with E-state index in [1.165, 1.54) is 6.26 Å². The van der Waals surface area contributed by atoms with Crippen molar-refractivity contribution >= 4 is 9.84 Å². The number of hydrogen-bond donors (Lipinski definition) is 1. The molecule has 5 heteroatoms. The van der Waals surface area contributed by atoms with Crippen LogP contribution in [-0.4, -0.2) is 45.2 Å². The van der Waals surface area contributed by atoms with Crippen molar-refractivity contribution in [2.75, 3.05) is 25.9 Å². The van der Waals surface area contributed by atoms with Crippen LogP contribution in [0.3, 0.4) is 0 Å². The number of hydrogen-bond acceptors (Lipinski definition) is 4. The van der Waals surface area contributed by atoms with E-state index in [2.05, 4.69) is 17.1 Å². The van der Waals surface area contributed by atoms with E-state index >= 15 is 0 Å². The van der Waals surface area contributed by atoms with Gasteiger partial charge < -0.3 is 5.32 Å². The highest BCUT2D eigenvalue weighted by Crippen LogP contribution is 2.14. The molecule has 1 aromatic rings. The minimum absolute atomic E-state index is 0.389. The lowest BCUT2D eigenvalue weighted by Crippen LogP contribution is -2.49. The average Bonchev–Trinajstić information content (AvgIpc) is 2.32. The van der Waals surface area contributed by atoms with Crippen LogP contribution in [0.25, 0.3) is 0 Å². The number of nitrogens with zero attached hydrogens (tertiary/aromatic N) is 1. The van der Waals surface area contributed by atoms with Crippen molar-refractivity contribution < 1.29 is 8.42 Å². The highest BCUT2D eigenvalue weighted by Gasteiger charge is 2.17. The molecule has 1 aromatic carbocycles. The third kappa shape index (κ3) is 3.31. The number of sulfone groups is 1. The Labute approximate surface area is 109 Å². The monoisotopic (exact) mass is 268 g/mol. The third-order valence-electron chi connectivity index (χ3n) is 3.38. The number of piperazine rings is 1. The van der Waals surface area contributed by atoms with Crippen molar-refractivity contribution in [1.29, 1.82) is 0 Å². The molecule has 0 saturated carbocycles. The van der Waals surface area contributed by atoms with Crippen LogP contribution in [0.1, 0.15) is 12.5 Å². The molecule has 1 fully saturated rings. The molecule has 0 amide bonds. The van der Waals surface area contributed by atoms with E-state index in [-0.39, 0.29) is 0 Å². The fraction of sp³-hybridized carbons (Fsp3) is 0.538. The van der Waals surface area contributed by atoms with Gasteiger partial charge in [0.25, 0.3) is 0 Å². The first-order chi connectivity index (χ1) is 8.47. The Kier molecular flexibility index (Phi) is 4.04. The second kappa shape index (κ2) is 5.38. The van der Waals surface area contributed by atoms with Gasteiger partial charge in [0.05, 0.1) is 4.90 Å². The summed E-state index contributed by atoms with van der Waals surface area (Å²) in [5.41, 5.74) is 1.16. The minimum atomic E-state index is -3.09. The van der Waals surface area contributed by atoms with Gasteiger partial charge in [-0.2, -0.15) is 0 Å². The van der Waals surface area contributed by atoms with Crippen LogP contribution in [0.4, 0.5) is 0 Å². The molecule has 0 aliphatic carbocycles. The topological polar surface area (TPSA) is 49.4 Å². The second-order valence-corrected chi connectivity index (χ2v) is 6.96. The van der Waals surface area contributed by atoms with Gasteiger partial charge in [-0.25, -0.2) is 8.42 Å². The Hall–Kier alpha value is -0.910. The molecule has 1 aliphatic rings. The molecule has 2 rings (SSSR count). The summed E-state index contributed by atoms with van der Waals surface area (Å²) in [4.78, 5) is 2.80. The van der Waals surface area contributed by atoms with Crippen LogP contribution in [0, 0.1) is 0 Å². The predicted molar refractivity (Wildman–Crippen MR) is 72.3 cm³/mol. The maximum absolute atomic E-state index is 11.4. The van der Waals surface area contributed by atoms with Crippen LogP contribution in [0.15, 0.2) is 29.2 Å². The molecular weight excluding hydrogens is 248 g/mol. The van der Waals surface area contributed by atoms with E-state index in [0.29, 0.717) is 10.9 Å². The Morgan fingerprint density at radius 1 is 1.33 bits per heavy atom. The molecule has 0 radical (unpaired) electrons. The highest BCUT2D eigenvalue weighted by atomic mass is 32.2. The van der Waals surface area contributed by atoms with Gasteiger partial charge >= 0.3 is 0 Å². The lowest BCUT2D eigenvalue weighted by atomic mass is 10.1. The SMILES string of the molecule is C[C@H]1CNCCN1Cc1ccc(S(C)(=O)=O)cc1. The van der Waals surface area contributed by atoms with Crippen molar-refractivity contribution in [2.45, 2.75) is 24.4 Å². The molecular formula is C13H20N2O2S. The number of nitrogens with one attached hydrogen (secondary N) is 1. The summed E-state index contributed by atoms with van der Waals surface area (Å²) in [7, 11) is -3.09. The van der Waals surface area contributed by atoms with Crippen molar-refractivity contribution in [3.05, 3.63) is 29.8 Å². The zero-order valence-electron chi connectivity index (χ0n) is 10.9. The van der Waals surface area contributed by atoms with Gasteiger partial charge in [0.1, 0.15) is 0 Å². The van der Waals surface area contributed by atoms with E-state index < -0.39 is 9.84 Å². The summed E-state index contributed by atoms with van der Waals surface area (Å²) in [5, 5.41) is 3.36. The largest absolute Gasteiger partial charge is 0.314 e. The van der Waals surface area contributed by atoms with Crippen LogP contribution in [0.5, 0.6) is 0 Å². The molecule has 0 aromatic heterocycles. The Morgan fingerprint density at radius 2 is 2.00 bits per heavy atom. The van der Waals surface area contributed by atoms with E-state index in [0.717, 1.165) is 31.7 Å². The molecule has 1 saturated heterocycles. The van der Waals surface area contributed by atoms with E-state index in [9.17, 15) is 8.42 Å². The van der Waals surface area contributed by atoms with Crippen molar-refractivity contribution in [3.63, 3.8) is 0 Å². The lowest BCUT2D eigenvalue weighted by Gasteiger charge is -2.33. The summed E-state index contributed by atoms with van der Waals surface area (Å²) in [6.45, 7) is 6.16. The highest BCUT2D eigenvalue weighted by molar-refractivity contribution is 7.90. The minimum Gasteiger partial charge on any atom is -0.314 e. The molecule has 100 valence electrons. The molecule has 1 atom stereocenters. The molecule has 1 heterocycles. The van der Waals surface area contributed by atoms with Gasteiger partial charge in [-0.15, -0.1) is 0 Å². The van der Waals surface area contributed by atoms with Crippen LogP contribution >= 0.6 is 0 Å². The molecule has 0 bridgehead atoms. The van der Waals surface area contributed by atoms with Crippen molar-refractivity contribution in [3.8, 4) is 0 Å². The Balaban J connectivity index is 2.06. The summed E-state index contributed by atoms with van der Waals surface area (Å²) in [5.74, 6) is 0. The average molecular weight is 268 g/mol. The molecule has 0 spiro atoms. The summed E-state index contributed by atoms with van der Waals surface area (Å²) in [6.07, 6.45) is 1.24. The maximum Gasteiger partial charge on any atom is 0.175 e. The first-order valence-electron chi connectivity index (χ1n) is 6.20. The number of rotatable bonds is 3. The molecule has 0 unspecified atom stereocenters. The lowest BCUT2D eigenvalue weighted by molar-refractivity contribution is 0.165. The Bertz CT molecular complexity index is 496. The van der Waals surface area contributed by atoms with Crippen molar-refractivity contribution in [2.24, 2.45) is 0 Å². The first kappa shape index (κ1) is 13.5. The van der Waals surface area contributed by atoms with Gasteiger partial charge in [-0.05, 0) is 24.6 Å². The molecule has 4 nitrogen and oxygen atoms in total.